The van der Waals surface area contributed by atoms with Gasteiger partial charge in [0.1, 0.15) is 0 Å². The number of anilines is 1. The van der Waals surface area contributed by atoms with Crippen molar-refractivity contribution in [2.75, 3.05) is 44.6 Å². The van der Waals surface area contributed by atoms with Crippen molar-refractivity contribution in [3.8, 4) is 0 Å². The van der Waals surface area contributed by atoms with Crippen molar-refractivity contribution in [1.29, 1.82) is 0 Å². The Hall–Kier alpha value is -1.10. The van der Waals surface area contributed by atoms with Crippen LogP contribution in [0.1, 0.15) is 18.9 Å². The SMILES string of the molecule is CCN1CCN(CCC(=O)Nc2ccccc2C)CC1.Cl. The lowest BCUT2D eigenvalue weighted by atomic mass is 10.2. The van der Waals surface area contributed by atoms with Crippen molar-refractivity contribution in [2.24, 2.45) is 0 Å². The lowest BCUT2D eigenvalue weighted by Crippen LogP contribution is -2.46. The zero-order valence-electron chi connectivity index (χ0n) is 13.0. The van der Waals surface area contributed by atoms with E-state index in [4.69, 9.17) is 0 Å². The van der Waals surface area contributed by atoms with E-state index in [2.05, 4.69) is 22.0 Å². The highest BCUT2D eigenvalue weighted by molar-refractivity contribution is 5.91. The van der Waals surface area contributed by atoms with Crippen LogP contribution in [0.25, 0.3) is 0 Å². The number of nitrogens with zero attached hydrogens (tertiary/aromatic N) is 2. The minimum Gasteiger partial charge on any atom is -0.326 e. The van der Waals surface area contributed by atoms with Gasteiger partial charge in [0, 0.05) is 44.8 Å². The maximum atomic E-state index is 12.0. The molecule has 1 N–H and O–H groups in total. The Kier molecular flexibility index (Phi) is 7.72. The van der Waals surface area contributed by atoms with Crippen LogP contribution in [0.5, 0.6) is 0 Å². The monoisotopic (exact) mass is 311 g/mol. The van der Waals surface area contributed by atoms with E-state index in [0.29, 0.717) is 6.42 Å². The van der Waals surface area contributed by atoms with E-state index in [1.54, 1.807) is 0 Å². The Labute approximate surface area is 133 Å². The number of likely N-dealkylation sites (N-methyl/N-ethyl adjacent to an activating group) is 1. The Morgan fingerprint density at radius 3 is 2.38 bits per heavy atom. The van der Waals surface area contributed by atoms with Crippen LogP contribution in [0.4, 0.5) is 5.69 Å². The summed E-state index contributed by atoms with van der Waals surface area (Å²) < 4.78 is 0. The minimum atomic E-state index is 0. The molecule has 1 saturated heterocycles. The quantitative estimate of drug-likeness (QED) is 0.907. The molecule has 0 aromatic heterocycles. The largest absolute Gasteiger partial charge is 0.326 e. The molecule has 0 saturated carbocycles. The number of nitrogens with one attached hydrogen (secondary N) is 1. The highest BCUT2D eigenvalue weighted by Crippen LogP contribution is 2.13. The molecule has 0 unspecified atom stereocenters. The van der Waals surface area contributed by atoms with E-state index in [9.17, 15) is 4.79 Å². The van der Waals surface area contributed by atoms with Gasteiger partial charge in [0.2, 0.25) is 5.91 Å². The number of amides is 1. The summed E-state index contributed by atoms with van der Waals surface area (Å²) in [5, 5.41) is 2.99. The lowest BCUT2D eigenvalue weighted by Gasteiger charge is -2.33. The molecule has 2 rings (SSSR count). The molecule has 118 valence electrons. The van der Waals surface area contributed by atoms with Crippen molar-refractivity contribution in [3.05, 3.63) is 29.8 Å². The van der Waals surface area contributed by atoms with E-state index < -0.39 is 0 Å². The first-order valence-corrected chi connectivity index (χ1v) is 7.49. The second kappa shape index (κ2) is 9.03. The van der Waals surface area contributed by atoms with Crippen LogP contribution < -0.4 is 5.32 Å². The predicted molar refractivity (Wildman–Crippen MR) is 90.2 cm³/mol. The second-order valence-corrected chi connectivity index (χ2v) is 5.39. The number of halogens is 1. The summed E-state index contributed by atoms with van der Waals surface area (Å²) in [5.74, 6) is 0.109. The molecule has 1 aromatic carbocycles. The zero-order valence-corrected chi connectivity index (χ0v) is 13.8. The average Bonchev–Trinajstić information content (AvgIpc) is 2.48. The van der Waals surface area contributed by atoms with Gasteiger partial charge in [-0.3, -0.25) is 4.79 Å². The molecule has 1 heterocycles. The first-order valence-electron chi connectivity index (χ1n) is 7.49. The number of hydrogen-bond acceptors (Lipinski definition) is 3. The van der Waals surface area contributed by atoms with E-state index in [-0.39, 0.29) is 18.3 Å². The smallest absolute Gasteiger partial charge is 0.225 e. The molecule has 21 heavy (non-hydrogen) atoms. The second-order valence-electron chi connectivity index (χ2n) is 5.39. The summed E-state index contributed by atoms with van der Waals surface area (Å²) in [4.78, 5) is 16.8. The first-order chi connectivity index (χ1) is 9.69. The number of aryl methyl sites for hydroxylation is 1. The predicted octanol–water partition coefficient (Wildman–Crippen LogP) is 2.38. The molecular weight excluding hydrogens is 286 g/mol. The molecule has 1 amide bonds. The fourth-order valence-electron chi connectivity index (χ4n) is 2.51. The van der Waals surface area contributed by atoms with Gasteiger partial charge >= 0.3 is 0 Å². The van der Waals surface area contributed by atoms with Gasteiger partial charge in [0.05, 0.1) is 0 Å². The topological polar surface area (TPSA) is 35.6 Å². The van der Waals surface area contributed by atoms with Gasteiger partial charge in [-0.2, -0.15) is 0 Å². The normalized spacial score (nSPS) is 16.3. The molecule has 5 heteroatoms. The highest BCUT2D eigenvalue weighted by Gasteiger charge is 2.16. The van der Waals surface area contributed by atoms with Crippen molar-refractivity contribution < 1.29 is 4.79 Å². The van der Waals surface area contributed by atoms with E-state index in [0.717, 1.165) is 50.5 Å². The molecule has 1 aromatic rings. The summed E-state index contributed by atoms with van der Waals surface area (Å²) in [6.45, 7) is 10.6. The third-order valence-corrected chi connectivity index (χ3v) is 3.99. The van der Waals surface area contributed by atoms with E-state index in [1.807, 2.05) is 31.2 Å². The van der Waals surface area contributed by atoms with Crippen LogP contribution in [0.3, 0.4) is 0 Å². The van der Waals surface area contributed by atoms with Gasteiger partial charge in [0.15, 0.2) is 0 Å². The van der Waals surface area contributed by atoms with Gasteiger partial charge in [0.25, 0.3) is 0 Å². The standard InChI is InChI=1S/C16H25N3O.ClH/c1-3-18-10-12-19(13-11-18)9-8-16(20)17-15-7-5-4-6-14(15)2;/h4-7H,3,8-13H2,1-2H3,(H,17,20);1H. The van der Waals surface area contributed by atoms with Crippen LogP contribution in [0.2, 0.25) is 0 Å². The summed E-state index contributed by atoms with van der Waals surface area (Å²) in [7, 11) is 0. The Morgan fingerprint density at radius 2 is 1.76 bits per heavy atom. The molecule has 0 aliphatic carbocycles. The third-order valence-electron chi connectivity index (χ3n) is 3.99. The van der Waals surface area contributed by atoms with E-state index >= 15 is 0 Å². The van der Waals surface area contributed by atoms with E-state index in [1.165, 1.54) is 0 Å². The Bertz CT molecular complexity index is 445. The summed E-state index contributed by atoms with van der Waals surface area (Å²) in [6.07, 6.45) is 0.570. The molecule has 1 aliphatic heterocycles. The number of benzene rings is 1. The van der Waals surface area contributed by atoms with Gasteiger partial charge < -0.3 is 15.1 Å². The summed E-state index contributed by atoms with van der Waals surface area (Å²) >= 11 is 0. The summed E-state index contributed by atoms with van der Waals surface area (Å²) in [6, 6.07) is 7.90. The highest BCUT2D eigenvalue weighted by atomic mass is 35.5. The average molecular weight is 312 g/mol. The molecule has 1 fully saturated rings. The third kappa shape index (κ3) is 5.65. The molecule has 0 radical (unpaired) electrons. The number of carbonyl (C=O) groups is 1. The molecule has 0 spiro atoms. The maximum absolute atomic E-state index is 12.0. The number of rotatable bonds is 5. The fraction of sp³-hybridized carbons (Fsp3) is 0.562. The number of para-hydroxylation sites is 1. The molecule has 1 aliphatic rings. The van der Waals surface area contributed by atoms with Gasteiger partial charge in [-0.25, -0.2) is 0 Å². The van der Waals surface area contributed by atoms with Crippen LogP contribution >= 0.6 is 12.4 Å². The number of carbonyl (C=O) groups excluding carboxylic acids is 1. The Balaban J connectivity index is 0.00000220. The lowest BCUT2D eigenvalue weighted by molar-refractivity contribution is -0.116. The van der Waals surface area contributed by atoms with Crippen LogP contribution in [-0.2, 0) is 4.79 Å². The van der Waals surface area contributed by atoms with Crippen molar-refractivity contribution >= 4 is 24.0 Å². The van der Waals surface area contributed by atoms with Crippen molar-refractivity contribution in [3.63, 3.8) is 0 Å². The molecular formula is C16H26ClN3O. The molecule has 0 atom stereocenters. The van der Waals surface area contributed by atoms with Crippen molar-refractivity contribution in [2.45, 2.75) is 20.3 Å². The van der Waals surface area contributed by atoms with Gasteiger partial charge in [-0.15, -0.1) is 12.4 Å². The van der Waals surface area contributed by atoms with Crippen LogP contribution in [0.15, 0.2) is 24.3 Å². The first kappa shape index (κ1) is 18.0. The fourth-order valence-corrected chi connectivity index (χ4v) is 2.51. The van der Waals surface area contributed by atoms with Crippen LogP contribution in [-0.4, -0.2) is 55.0 Å². The van der Waals surface area contributed by atoms with Gasteiger partial charge in [-0.05, 0) is 25.1 Å². The Morgan fingerprint density at radius 1 is 1.14 bits per heavy atom. The van der Waals surface area contributed by atoms with Crippen LogP contribution in [0, 0.1) is 6.92 Å². The minimum absolute atomic E-state index is 0. The molecule has 0 bridgehead atoms. The van der Waals surface area contributed by atoms with Gasteiger partial charge in [-0.1, -0.05) is 25.1 Å². The molecule has 4 nitrogen and oxygen atoms in total. The number of piperazine rings is 1. The zero-order chi connectivity index (χ0) is 14.4. The van der Waals surface area contributed by atoms with Crippen molar-refractivity contribution in [1.82, 2.24) is 9.80 Å². The number of hydrogen-bond donors (Lipinski definition) is 1. The summed E-state index contributed by atoms with van der Waals surface area (Å²) in [5.41, 5.74) is 2.03. The maximum Gasteiger partial charge on any atom is 0.225 e.